The summed E-state index contributed by atoms with van der Waals surface area (Å²) in [4.78, 5) is 17.5. The molecule has 1 aromatic carbocycles. The summed E-state index contributed by atoms with van der Waals surface area (Å²) in [5, 5.41) is 9.05. The van der Waals surface area contributed by atoms with Crippen LogP contribution in [0.2, 0.25) is 5.02 Å². The van der Waals surface area contributed by atoms with Crippen molar-refractivity contribution in [3.8, 4) is 5.13 Å². The van der Waals surface area contributed by atoms with Crippen LogP contribution in [0.3, 0.4) is 0 Å². The Morgan fingerprint density at radius 2 is 1.96 bits per heavy atom. The number of thiazole rings is 1. The predicted octanol–water partition coefficient (Wildman–Crippen LogP) is 4.64. The molecule has 0 spiro atoms. The molecular formula is C20H23ClN4OS. The second-order valence-electron chi connectivity index (χ2n) is 6.50. The summed E-state index contributed by atoms with van der Waals surface area (Å²) in [6.45, 7) is 8.57. The number of aryl methyl sites for hydroxylation is 2. The lowest BCUT2D eigenvalue weighted by Gasteiger charge is -2.05. The van der Waals surface area contributed by atoms with E-state index in [4.69, 9.17) is 11.6 Å². The number of hydrogen-bond acceptors (Lipinski definition) is 4. The number of benzene rings is 1. The molecule has 27 heavy (non-hydrogen) atoms. The van der Waals surface area contributed by atoms with E-state index in [1.807, 2.05) is 56.6 Å². The Balaban J connectivity index is 1.93. The summed E-state index contributed by atoms with van der Waals surface area (Å²) >= 11 is 7.69. The van der Waals surface area contributed by atoms with Gasteiger partial charge in [-0.3, -0.25) is 4.79 Å². The first kappa shape index (κ1) is 19.6. The number of halogens is 1. The smallest absolute Gasteiger partial charge is 0.263 e. The van der Waals surface area contributed by atoms with Crippen molar-refractivity contribution < 1.29 is 4.79 Å². The van der Waals surface area contributed by atoms with E-state index in [9.17, 15) is 4.79 Å². The molecule has 7 heteroatoms. The van der Waals surface area contributed by atoms with Crippen molar-refractivity contribution in [2.24, 2.45) is 0 Å². The first-order valence-electron chi connectivity index (χ1n) is 8.96. The summed E-state index contributed by atoms with van der Waals surface area (Å²) in [6, 6.07) is 7.85. The Morgan fingerprint density at radius 1 is 1.22 bits per heavy atom. The standard InChI is InChI=1S/C20H23ClN4OS/c1-5-10-22-19(26)18-13(3)23-20(27-18)25-14(4)16(12(2)24-25)11-15-8-6-7-9-17(15)21/h6-9H,5,10-11H2,1-4H3,(H,22,26). The summed E-state index contributed by atoms with van der Waals surface area (Å²) in [7, 11) is 0. The van der Waals surface area contributed by atoms with Gasteiger partial charge < -0.3 is 5.32 Å². The molecule has 0 aliphatic rings. The van der Waals surface area contributed by atoms with Gasteiger partial charge in [-0.15, -0.1) is 0 Å². The molecule has 142 valence electrons. The van der Waals surface area contributed by atoms with Crippen LogP contribution in [0.25, 0.3) is 5.13 Å². The van der Waals surface area contributed by atoms with Crippen molar-refractivity contribution >= 4 is 28.8 Å². The average molecular weight is 403 g/mol. The maximum atomic E-state index is 12.3. The molecule has 3 rings (SSSR count). The van der Waals surface area contributed by atoms with Gasteiger partial charge in [-0.25, -0.2) is 9.67 Å². The average Bonchev–Trinajstić information content (AvgIpc) is 3.16. The van der Waals surface area contributed by atoms with E-state index in [1.165, 1.54) is 11.3 Å². The van der Waals surface area contributed by atoms with Crippen LogP contribution in [0.15, 0.2) is 24.3 Å². The van der Waals surface area contributed by atoms with E-state index in [-0.39, 0.29) is 5.91 Å². The largest absolute Gasteiger partial charge is 0.351 e. The maximum Gasteiger partial charge on any atom is 0.263 e. The molecule has 1 amide bonds. The summed E-state index contributed by atoms with van der Waals surface area (Å²) in [6.07, 6.45) is 1.62. The van der Waals surface area contributed by atoms with Crippen LogP contribution in [0, 0.1) is 20.8 Å². The van der Waals surface area contributed by atoms with Gasteiger partial charge in [-0.2, -0.15) is 5.10 Å². The highest BCUT2D eigenvalue weighted by Gasteiger charge is 2.20. The molecule has 0 radical (unpaired) electrons. The third-order valence-corrected chi connectivity index (χ3v) is 5.97. The minimum absolute atomic E-state index is 0.0732. The summed E-state index contributed by atoms with van der Waals surface area (Å²) < 4.78 is 1.83. The number of carbonyl (C=O) groups excluding carboxylic acids is 1. The highest BCUT2D eigenvalue weighted by molar-refractivity contribution is 7.16. The molecule has 2 heterocycles. The molecule has 0 aliphatic heterocycles. The van der Waals surface area contributed by atoms with E-state index in [0.717, 1.165) is 39.7 Å². The third-order valence-electron chi connectivity index (χ3n) is 4.47. The number of nitrogens with one attached hydrogen (secondary N) is 1. The Morgan fingerprint density at radius 3 is 2.67 bits per heavy atom. The number of hydrogen-bond donors (Lipinski definition) is 1. The highest BCUT2D eigenvalue weighted by Crippen LogP contribution is 2.27. The van der Waals surface area contributed by atoms with E-state index >= 15 is 0 Å². The molecule has 0 saturated carbocycles. The Bertz CT molecular complexity index is 977. The van der Waals surface area contributed by atoms with Crippen molar-refractivity contribution in [3.63, 3.8) is 0 Å². The summed E-state index contributed by atoms with van der Waals surface area (Å²) in [5.74, 6) is -0.0732. The fourth-order valence-corrected chi connectivity index (χ4v) is 4.14. The summed E-state index contributed by atoms with van der Waals surface area (Å²) in [5.41, 5.74) is 4.88. The monoisotopic (exact) mass is 402 g/mol. The lowest BCUT2D eigenvalue weighted by molar-refractivity contribution is 0.0957. The first-order valence-corrected chi connectivity index (χ1v) is 10.2. The van der Waals surface area contributed by atoms with E-state index < -0.39 is 0 Å². The SMILES string of the molecule is CCCNC(=O)c1sc(-n2nc(C)c(Cc3ccccc3Cl)c2C)nc1C. The van der Waals surface area contributed by atoms with Crippen molar-refractivity contribution in [1.82, 2.24) is 20.1 Å². The lowest BCUT2D eigenvalue weighted by Crippen LogP contribution is -2.23. The van der Waals surface area contributed by atoms with Gasteiger partial charge in [0.15, 0.2) is 0 Å². The molecule has 0 unspecified atom stereocenters. The number of carbonyl (C=O) groups is 1. The number of nitrogens with zero attached hydrogens (tertiary/aromatic N) is 3. The predicted molar refractivity (Wildman–Crippen MR) is 110 cm³/mol. The van der Waals surface area contributed by atoms with E-state index in [2.05, 4.69) is 15.4 Å². The second kappa shape index (κ2) is 8.23. The number of amides is 1. The quantitative estimate of drug-likeness (QED) is 0.653. The van der Waals surface area contributed by atoms with Crippen LogP contribution in [0.5, 0.6) is 0 Å². The fourth-order valence-electron chi connectivity index (χ4n) is 2.95. The fraction of sp³-hybridized carbons (Fsp3) is 0.350. The van der Waals surface area contributed by atoms with Gasteiger partial charge in [-0.05, 0) is 38.8 Å². The van der Waals surface area contributed by atoms with Crippen molar-refractivity contribution in [1.29, 1.82) is 0 Å². The molecule has 1 N–H and O–H groups in total. The van der Waals surface area contributed by atoms with Crippen LogP contribution < -0.4 is 5.32 Å². The molecule has 0 saturated heterocycles. The van der Waals surface area contributed by atoms with Gasteiger partial charge in [0.25, 0.3) is 5.91 Å². The molecule has 2 aromatic heterocycles. The molecule has 0 fully saturated rings. The van der Waals surface area contributed by atoms with Crippen molar-refractivity contribution in [3.05, 3.63) is 62.4 Å². The minimum atomic E-state index is -0.0732. The molecule has 0 bridgehead atoms. The molecular weight excluding hydrogens is 380 g/mol. The van der Waals surface area contributed by atoms with Gasteiger partial charge >= 0.3 is 0 Å². The van der Waals surface area contributed by atoms with E-state index in [1.54, 1.807) is 0 Å². The van der Waals surface area contributed by atoms with Crippen LogP contribution >= 0.6 is 22.9 Å². The van der Waals surface area contributed by atoms with Gasteiger partial charge in [0.05, 0.1) is 11.4 Å². The zero-order valence-electron chi connectivity index (χ0n) is 16.0. The van der Waals surface area contributed by atoms with Crippen LogP contribution in [-0.2, 0) is 6.42 Å². The molecule has 3 aromatic rings. The zero-order chi connectivity index (χ0) is 19.6. The maximum absolute atomic E-state index is 12.3. The normalized spacial score (nSPS) is 11.0. The topological polar surface area (TPSA) is 59.8 Å². The number of rotatable bonds is 6. The third kappa shape index (κ3) is 4.06. The minimum Gasteiger partial charge on any atom is -0.351 e. The molecule has 5 nitrogen and oxygen atoms in total. The molecule has 0 aliphatic carbocycles. The van der Waals surface area contributed by atoms with E-state index in [0.29, 0.717) is 23.0 Å². The lowest BCUT2D eigenvalue weighted by atomic mass is 10.0. The van der Waals surface area contributed by atoms with Crippen molar-refractivity contribution in [2.45, 2.75) is 40.5 Å². The van der Waals surface area contributed by atoms with Gasteiger partial charge in [0, 0.05) is 29.2 Å². The highest BCUT2D eigenvalue weighted by atomic mass is 35.5. The van der Waals surface area contributed by atoms with Crippen molar-refractivity contribution in [2.75, 3.05) is 6.54 Å². The Labute approximate surface area is 168 Å². The zero-order valence-corrected chi connectivity index (χ0v) is 17.5. The van der Waals surface area contributed by atoms with Gasteiger partial charge in [0.2, 0.25) is 5.13 Å². The van der Waals surface area contributed by atoms with Crippen LogP contribution in [0.4, 0.5) is 0 Å². The van der Waals surface area contributed by atoms with Crippen LogP contribution in [0.1, 0.15) is 51.2 Å². The van der Waals surface area contributed by atoms with Gasteiger partial charge in [-0.1, -0.05) is 48.1 Å². The second-order valence-corrected chi connectivity index (χ2v) is 7.88. The Hall–Kier alpha value is -2.18. The first-order chi connectivity index (χ1) is 12.9. The number of aromatic nitrogens is 3. The van der Waals surface area contributed by atoms with Crippen LogP contribution in [-0.4, -0.2) is 27.2 Å². The van der Waals surface area contributed by atoms with Gasteiger partial charge in [0.1, 0.15) is 4.88 Å². The molecule has 0 atom stereocenters. The Kier molecular flexibility index (Phi) is 5.97.